The minimum Gasteiger partial charge on any atom is -0.260 e. The number of aromatic nitrogens is 3. The van der Waals surface area contributed by atoms with E-state index in [4.69, 9.17) is 11.6 Å². The Morgan fingerprint density at radius 2 is 2.12 bits per heavy atom. The quantitative estimate of drug-likeness (QED) is 0.778. The molecule has 0 spiro atoms. The summed E-state index contributed by atoms with van der Waals surface area (Å²) in [6.07, 6.45) is -1.21. The smallest absolute Gasteiger partial charge is 0.260 e. The molecule has 7 heteroatoms. The Kier molecular flexibility index (Phi) is 3.06. The molecule has 0 atom stereocenters. The van der Waals surface area contributed by atoms with Gasteiger partial charge in [0.05, 0.1) is 29.0 Å². The topological polar surface area (TPSA) is 30.7 Å². The van der Waals surface area contributed by atoms with Crippen LogP contribution in [0.25, 0.3) is 5.69 Å². The van der Waals surface area contributed by atoms with Gasteiger partial charge in [0.15, 0.2) is 0 Å². The molecule has 0 fully saturated rings. The van der Waals surface area contributed by atoms with Crippen molar-refractivity contribution >= 4 is 11.6 Å². The molecule has 0 aliphatic heterocycles. The maximum atomic E-state index is 12.4. The average Bonchev–Trinajstić information content (AvgIpc) is 2.78. The van der Waals surface area contributed by atoms with Crippen LogP contribution >= 0.6 is 11.6 Å². The van der Waals surface area contributed by atoms with Gasteiger partial charge in [0.25, 0.3) is 0 Å². The lowest BCUT2D eigenvalue weighted by Gasteiger charge is -2.03. The molecule has 0 aliphatic carbocycles. The monoisotopic (exact) mass is 261 g/mol. The summed E-state index contributed by atoms with van der Waals surface area (Å²) in [5, 5.41) is 3.65. The van der Waals surface area contributed by atoms with Gasteiger partial charge in [-0.3, -0.25) is 4.98 Å². The van der Waals surface area contributed by atoms with Crippen LogP contribution in [-0.2, 0) is 12.1 Å². The Morgan fingerprint density at radius 1 is 1.35 bits per heavy atom. The minimum atomic E-state index is -4.39. The highest BCUT2D eigenvalue weighted by atomic mass is 35.5. The Morgan fingerprint density at radius 3 is 2.71 bits per heavy atom. The fraction of sp³-hybridized carbons (Fsp3) is 0.200. The summed E-state index contributed by atoms with van der Waals surface area (Å²) >= 11 is 5.59. The number of hydrogen-bond donors (Lipinski definition) is 0. The molecular formula is C10H7ClF3N3. The molecular weight excluding hydrogens is 255 g/mol. The Hall–Kier alpha value is -1.56. The third-order valence-corrected chi connectivity index (χ3v) is 2.39. The second kappa shape index (κ2) is 4.37. The zero-order chi connectivity index (χ0) is 12.5. The summed E-state index contributed by atoms with van der Waals surface area (Å²) in [7, 11) is 0. The van der Waals surface area contributed by atoms with Gasteiger partial charge >= 0.3 is 6.18 Å². The molecule has 90 valence electrons. The van der Waals surface area contributed by atoms with E-state index in [1.54, 1.807) is 12.1 Å². The molecule has 0 N–H and O–H groups in total. The number of rotatable bonds is 2. The molecule has 0 saturated carbocycles. The minimum absolute atomic E-state index is 0.196. The summed E-state index contributed by atoms with van der Waals surface area (Å²) in [6, 6.07) is 3.14. The van der Waals surface area contributed by atoms with E-state index in [2.05, 4.69) is 10.1 Å². The molecule has 0 radical (unpaired) electrons. The van der Waals surface area contributed by atoms with Crippen molar-refractivity contribution in [1.29, 1.82) is 0 Å². The lowest BCUT2D eigenvalue weighted by molar-refractivity contribution is -0.137. The molecule has 2 aromatic rings. The fourth-order valence-electron chi connectivity index (χ4n) is 1.29. The maximum Gasteiger partial charge on any atom is 0.419 e. The first-order chi connectivity index (χ1) is 8.00. The first-order valence-electron chi connectivity index (χ1n) is 4.64. The molecule has 0 aromatic carbocycles. The van der Waals surface area contributed by atoms with Crippen molar-refractivity contribution in [1.82, 2.24) is 14.8 Å². The summed E-state index contributed by atoms with van der Waals surface area (Å²) in [5.74, 6) is 0.196. The molecule has 2 aromatic heterocycles. The van der Waals surface area contributed by atoms with E-state index in [0.717, 1.165) is 17.1 Å². The van der Waals surface area contributed by atoms with Gasteiger partial charge in [-0.05, 0) is 12.1 Å². The van der Waals surface area contributed by atoms with E-state index < -0.39 is 11.7 Å². The first kappa shape index (κ1) is 11.9. The predicted octanol–water partition coefficient (Wildman–Crippen LogP) is 3.02. The molecule has 2 rings (SSSR count). The van der Waals surface area contributed by atoms with Crippen LogP contribution in [0, 0.1) is 0 Å². The largest absolute Gasteiger partial charge is 0.419 e. The molecule has 0 amide bonds. The van der Waals surface area contributed by atoms with Crippen LogP contribution in [0.2, 0.25) is 0 Å². The lowest BCUT2D eigenvalue weighted by Crippen LogP contribution is -2.03. The average molecular weight is 262 g/mol. The highest BCUT2D eigenvalue weighted by Crippen LogP contribution is 2.29. The van der Waals surface area contributed by atoms with Crippen LogP contribution in [0.3, 0.4) is 0 Å². The van der Waals surface area contributed by atoms with Crippen LogP contribution in [0.15, 0.2) is 30.7 Å². The molecule has 2 heterocycles. The highest BCUT2D eigenvalue weighted by Gasteiger charge is 2.32. The summed E-state index contributed by atoms with van der Waals surface area (Å²) in [6.45, 7) is 0. The number of pyridine rings is 1. The van der Waals surface area contributed by atoms with Gasteiger partial charge in [-0.1, -0.05) is 0 Å². The van der Waals surface area contributed by atoms with E-state index >= 15 is 0 Å². The van der Waals surface area contributed by atoms with Crippen LogP contribution in [-0.4, -0.2) is 14.8 Å². The second-order valence-corrected chi connectivity index (χ2v) is 3.58. The van der Waals surface area contributed by atoms with Gasteiger partial charge < -0.3 is 0 Å². The first-order valence-corrected chi connectivity index (χ1v) is 5.17. The molecule has 0 aliphatic rings. The SMILES string of the molecule is FC(F)(F)c1cnn(-c2ccnc(CCl)c2)c1. The van der Waals surface area contributed by atoms with Gasteiger partial charge in [-0.2, -0.15) is 18.3 Å². The van der Waals surface area contributed by atoms with Gasteiger partial charge in [0.1, 0.15) is 0 Å². The standard InChI is InChI=1S/C10H7ClF3N3/c11-4-8-3-9(1-2-15-8)17-6-7(5-16-17)10(12,13)14/h1-3,5-6H,4H2. The van der Waals surface area contributed by atoms with Crippen LogP contribution in [0.4, 0.5) is 13.2 Å². The van der Waals surface area contributed by atoms with Gasteiger partial charge in [-0.25, -0.2) is 4.68 Å². The van der Waals surface area contributed by atoms with Crippen molar-refractivity contribution in [3.8, 4) is 5.69 Å². The van der Waals surface area contributed by atoms with E-state index in [1.165, 1.54) is 6.20 Å². The summed E-state index contributed by atoms with van der Waals surface area (Å²) < 4.78 is 38.3. The maximum absolute atomic E-state index is 12.4. The molecule has 0 bridgehead atoms. The van der Waals surface area contributed by atoms with Crippen molar-refractivity contribution < 1.29 is 13.2 Å². The van der Waals surface area contributed by atoms with Gasteiger partial charge in [0.2, 0.25) is 0 Å². The molecule has 3 nitrogen and oxygen atoms in total. The fourth-order valence-corrected chi connectivity index (χ4v) is 1.44. The Labute approximate surface area is 99.8 Å². The third kappa shape index (κ3) is 2.58. The molecule has 0 unspecified atom stereocenters. The number of nitrogens with zero attached hydrogens (tertiary/aromatic N) is 3. The van der Waals surface area contributed by atoms with Crippen LogP contribution in [0.1, 0.15) is 11.3 Å². The van der Waals surface area contributed by atoms with Crippen LogP contribution in [0.5, 0.6) is 0 Å². The van der Waals surface area contributed by atoms with Crippen molar-refractivity contribution in [3.63, 3.8) is 0 Å². The normalized spacial score (nSPS) is 11.8. The predicted molar refractivity (Wildman–Crippen MR) is 55.9 cm³/mol. The van der Waals surface area contributed by atoms with E-state index in [-0.39, 0.29) is 5.88 Å². The highest BCUT2D eigenvalue weighted by molar-refractivity contribution is 6.16. The third-order valence-electron chi connectivity index (χ3n) is 2.11. The zero-order valence-electron chi connectivity index (χ0n) is 8.45. The molecule has 0 saturated heterocycles. The van der Waals surface area contributed by atoms with Crippen molar-refractivity contribution in [2.24, 2.45) is 0 Å². The Balaban J connectivity index is 2.37. The molecule has 17 heavy (non-hydrogen) atoms. The van der Waals surface area contributed by atoms with Crippen molar-refractivity contribution in [3.05, 3.63) is 42.0 Å². The Bertz CT molecular complexity index is 522. The number of alkyl halides is 4. The number of hydrogen-bond acceptors (Lipinski definition) is 2. The van der Waals surface area contributed by atoms with Crippen LogP contribution < -0.4 is 0 Å². The second-order valence-electron chi connectivity index (χ2n) is 3.31. The van der Waals surface area contributed by atoms with E-state index in [9.17, 15) is 13.2 Å². The summed E-state index contributed by atoms with van der Waals surface area (Å²) in [4.78, 5) is 3.94. The van der Waals surface area contributed by atoms with Gasteiger partial charge in [-0.15, -0.1) is 11.6 Å². The lowest BCUT2D eigenvalue weighted by atomic mass is 10.3. The van der Waals surface area contributed by atoms with Gasteiger partial charge in [0, 0.05) is 12.4 Å². The van der Waals surface area contributed by atoms with Crippen molar-refractivity contribution in [2.45, 2.75) is 12.1 Å². The van der Waals surface area contributed by atoms with E-state index in [1.807, 2.05) is 0 Å². The van der Waals surface area contributed by atoms with E-state index in [0.29, 0.717) is 11.4 Å². The number of halogens is 4. The summed E-state index contributed by atoms with van der Waals surface area (Å²) in [5.41, 5.74) is 0.279. The van der Waals surface area contributed by atoms with Crippen molar-refractivity contribution in [2.75, 3.05) is 0 Å². The zero-order valence-corrected chi connectivity index (χ0v) is 9.20.